The van der Waals surface area contributed by atoms with Crippen LogP contribution in [0.3, 0.4) is 0 Å². The highest BCUT2D eigenvalue weighted by Crippen LogP contribution is 2.18. The summed E-state index contributed by atoms with van der Waals surface area (Å²) in [7, 11) is 0. The Morgan fingerprint density at radius 3 is 2.88 bits per heavy atom. The molecule has 0 aromatic heterocycles. The second kappa shape index (κ2) is 4.39. The lowest BCUT2D eigenvalue weighted by atomic mass is 10.2. The molecule has 0 spiro atoms. The van der Waals surface area contributed by atoms with Gasteiger partial charge in [0, 0.05) is 24.7 Å². The van der Waals surface area contributed by atoms with Gasteiger partial charge in [0.05, 0.1) is 5.02 Å². The van der Waals surface area contributed by atoms with Crippen LogP contribution in [0, 0.1) is 5.82 Å². The van der Waals surface area contributed by atoms with Crippen molar-refractivity contribution in [2.45, 2.75) is 12.5 Å². The van der Waals surface area contributed by atoms with E-state index in [0.717, 1.165) is 6.42 Å². The lowest BCUT2D eigenvalue weighted by Crippen LogP contribution is -2.31. The predicted molar refractivity (Wildman–Crippen MR) is 59.9 cm³/mol. The van der Waals surface area contributed by atoms with E-state index in [2.05, 4.69) is 0 Å². The molecule has 0 saturated carbocycles. The topological polar surface area (TPSA) is 46.3 Å². The first-order chi connectivity index (χ1) is 7.58. The van der Waals surface area contributed by atoms with Crippen molar-refractivity contribution in [3.63, 3.8) is 0 Å². The first-order valence-electron chi connectivity index (χ1n) is 5.08. The molecule has 86 valence electrons. The van der Waals surface area contributed by atoms with Crippen molar-refractivity contribution < 1.29 is 9.18 Å². The first kappa shape index (κ1) is 11.4. The maximum Gasteiger partial charge on any atom is 0.253 e. The van der Waals surface area contributed by atoms with Crippen LogP contribution < -0.4 is 5.73 Å². The number of likely N-dealkylation sites (tertiary alicyclic amines) is 1. The monoisotopic (exact) mass is 242 g/mol. The van der Waals surface area contributed by atoms with E-state index in [0.29, 0.717) is 18.7 Å². The van der Waals surface area contributed by atoms with Crippen molar-refractivity contribution in [3.05, 3.63) is 34.6 Å². The molecule has 2 N–H and O–H groups in total. The third kappa shape index (κ3) is 2.18. The van der Waals surface area contributed by atoms with Gasteiger partial charge < -0.3 is 10.6 Å². The van der Waals surface area contributed by atoms with Crippen LogP contribution >= 0.6 is 11.6 Å². The predicted octanol–water partition coefficient (Wildman–Crippen LogP) is 1.65. The lowest BCUT2D eigenvalue weighted by Gasteiger charge is -2.15. The quantitative estimate of drug-likeness (QED) is 0.814. The molecular formula is C11H12ClFN2O. The SMILES string of the molecule is NC1CCN(C(=O)c2ccc(F)c(Cl)c2)C1. The summed E-state index contributed by atoms with van der Waals surface area (Å²) < 4.78 is 12.9. The van der Waals surface area contributed by atoms with Gasteiger partial charge in [-0.15, -0.1) is 0 Å². The Morgan fingerprint density at radius 2 is 2.31 bits per heavy atom. The molecule has 1 aliphatic heterocycles. The average Bonchev–Trinajstić information content (AvgIpc) is 2.68. The Labute approximate surface area is 98.0 Å². The van der Waals surface area contributed by atoms with Crippen LogP contribution in [0.5, 0.6) is 0 Å². The van der Waals surface area contributed by atoms with Crippen LogP contribution in [0.2, 0.25) is 5.02 Å². The molecule has 1 saturated heterocycles. The highest BCUT2D eigenvalue weighted by molar-refractivity contribution is 6.31. The van der Waals surface area contributed by atoms with Gasteiger partial charge >= 0.3 is 0 Å². The maximum atomic E-state index is 12.9. The summed E-state index contributed by atoms with van der Waals surface area (Å²) in [5.74, 6) is -0.661. The number of nitrogens with two attached hydrogens (primary N) is 1. The maximum absolute atomic E-state index is 12.9. The van der Waals surface area contributed by atoms with E-state index in [1.54, 1.807) is 4.90 Å². The van der Waals surface area contributed by atoms with Gasteiger partial charge in [0.15, 0.2) is 0 Å². The van der Waals surface area contributed by atoms with Gasteiger partial charge in [-0.1, -0.05) is 11.6 Å². The molecule has 5 heteroatoms. The standard InChI is InChI=1S/C11H12ClFN2O/c12-9-5-7(1-2-10(9)13)11(16)15-4-3-8(14)6-15/h1-2,5,8H,3-4,6,14H2. The zero-order chi connectivity index (χ0) is 11.7. The Balaban J connectivity index is 2.18. The zero-order valence-corrected chi connectivity index (χ0v) is 9.38. The summed E-state index contributed by atoms with van der Waals surface area (Å²) in [6.07, 6.45) is 0.806. The van der Waals surface area contributed by atoms with Crippen LogP contribution in [-0.2, 0) is 0 Å². The number of carbonyl (C=O) groups excluding carboxylic acids is 1. The van der Waals surface area contributed by atoms with Gasteiger partial charge in [0.2, 0.25) is 0 Å². The van der Waals surface area contributed by atoms with Crippen LogP contribution in [0.4, 0.5) is 4.39 Å². The number of rotatable bonds is 1. The average molecular weight is 243 g/mol. The fourth-order valence-corrected chi connectivity index (χ4v) is 1.96. The van der Waals surface area contributed by atoms with E-state index in [-0.39, 0.29) is 17.0 Å². The van der Waals surface area contributed by atoms with Gasteiger partial charge in [0.1, 0.15) is 5.82 Å². The molecule has 1 unspecified atom stereocenters. The number of amides is 1. The van der Waals surface area contributed by atoms with Crippen LogP contribution in [-0.4, -0.2) is 29.9 Å². The minimum Gasteiger partial charge on any atom is -0.337 e. The molecule has 1 aliphatic rings. The molecule has 0 radical (unpaired) electrons. The molecule has 1 aromatic rings. The Kier molecular flexibility index (Phi) is 3.12. The van der Waals surface area contributed by atoms with Gasteiger partial charge in [0.25, 0.3) is 5.91 Å². The van der Waals surface area contributed by atoms with Crippen LogP contribution in [0.15, 0.2) is 18.2 Å². The molecule has 1 heterocycles. The Morgan fingerprint density at radius 1 is 1.56 bits per heavy atom. The van der Waals surface area contributed by atoms with Crippen LogP contribution in [0.25, 0.3) is 0 Å². The molecular weight excluding hydrogens is 231 g/mol. The number of halogens is 2. The van der Waals surface area contributed by atoms with Crippen molar-refractivity contribution in [1.29, 1.82) is 0 Å². The largest absolute Gasteiger partial charge is 0.337 e. The summed E-state index contributed by atoms with van der Waals surface area (Å²) in [4.78, 5) is 13.6. The molecule has 1 fully saturated rings. The minimum atomic E-state index is -0.517. The third-order valence-corrected chi connectivity index (χ3v) is 2.97. The summed E-state index contributed by atoms with van der Waals surface area (Å²) in [5, 5.41) is -0.0330. The second-order valence-electron chi connectivity index (χ2n) is 3.93. The van der Waals surface area contributed by atoms with E-state index < -0.39 is 5.82 Å². The van der Waals surface area contributed by atoms with Crippen LogP contribution in [0.1, 0.15) is 16.8 Å². The summed E-state index contributed by atoms with van der Waals surface area (Å²) in [6.45, 7) is 1.20. The number of benzene rings is 1. The Hall–Kier alpha value is -1.13. The molecule has 16 heavy (non-hydrogen) atoms. The fraction of sp³-hybridized carbons (Fsp3) is 0.364. The molecule has 1 amide bonds. The summed E-state index contributed by atoms with van der Waals surface area (Å²) in [6, 6.07) is 4.03. The smallest absolute Gasteiger partial charge is 0.253 e. The van der Waals surface area contributed by atoms with E-state index in [4.69, 9.17) is 17.3 Å². The van der Waals surface area contributed by atoms with E-state index in [1.165, 1.54) is 18.2 Å². The number of hydrogen-bond acceptors (Lipinski definition) is 2. The summed E-state index contributed by atoms with van der Waals surface area (Å²) in [5.41, 5.74) is 6.12. The van der Waals surface area contributed by atoms with Crippen molar-refractivity contribution in [3.8, 4) is 0 Å². The number of hydrogen-bond donors (Lipinski definition) is 1. The number of nitrogens with zero attached hydrogens (tertiary/aromatic N) is 1. The van der Waals surface area contributed by atoms with E-state index in [1.807, 2.05) is 0 Å². The third-order valence-electron chi connectivity index (χ3n) is 2.68. The van der Waals surface area contributed by atoms with Crippen molar-refractivity contribution >= 4 is 17.5 Å². The van der Waals surface area contributed by atoms with Crippen molar-refractivity contribution in [1.82, 2.24) is 4.90 Å². The molecule has 2 rings (SSSR count). The van der Waals surface area contributed by atoms with E-state index in [9.17, 15) is 9.18 Å². The molecule has 3 nitrogen and oxygen atoms in total. The molecule has 1 atom stereocenters. The van der Waals surface area contributed by atoms with Gasteiger partial charge in [-0.3, -0.25) is 4.79 Å². The highest BCUT2D eigenvalue weighted by Gasteiger charge is 2.24. The zero-order valence-electron chi connectivity index (χ0n) is 8.62. The van der Waals surface area contributed by atoms with Crippen molar-refractivity contribution in [2.75, 3.05) is 13.1 Å². The fourth-order valence-electron chi connectivity index (χ4n) is 1.78. The first-order valence-corrected chi connectivity index (χ1v) is 5.45. The molecule has 0 aliphatic carbocycles. The number of carbonyl (C=O) groups is 1. The lowest BCUT2D eigenvalue weighted by molar-refractivity contribution is 0.0791. The minimum absolute atomic E-state index is 0.0330. The highest BCUT2D eigenvalue weighted by atomic mass is 35.5. The second-order valence-corrected chi connectivity index (χ2v) is 4.34. The van der Waals surface area contributed by atoms with Gasteiger partial charge in [-0.25, -0.2) is 4.39 Å². The Bertz CT molecular complexity index is 424. The molecule has 1 aromatic carbocycles. The summed E-state index contributed by atoms with van der Waals surface area (Å²) >= 11 is 5.62. The van der Waals surface area contributed by atoms with Gasteiger partial charge in [-0.2, -0.15) is 0 Å². The van der Waals surface area contributed by atoms with Crippen molar-refractivity contribution in [2.24, 2.45) is 5.73 Å². The molecule has 0 bridgehead atoms. The normalized spacial score (nSPS) is 20.2. The van der Waals surface area contributed by atoms with Gasteiger partial charge in [-0.05, 0) is 24.6 Å². The van der Waals surface area contributed by atoms with E-state index >= 15 is 0 Å².